The number of methoxy groups -OCH3 is 1. The number of rotatable bonds is 4. The quantitative estimate of drug-likeness (QED) is 0.786. The summed E-state index contributed by atoms with van der Waals surface area (Å²) in [6, 6.07) is 13.9. The fraction of sp³-hybridized carbons (Fsp3) is 0.125. The lowest BCUT2D eigenvalue weighted by Crippen LogP contribution is -2.02. The first-order valence-electron chi connectivity index (χ1n) is 6.43. The second kappa shape index (κ2) is 5.57. The zero-order valence-corrected chi connectivity index (χ0v) is 11.2. The fourth-order valence-corrected chi connectivity index (χ4v) is 2.13. The molecule has 0 atom stereocenters. The van der Waals surface area contributed by atoms with Crippen LogP contribution in [0.5, 0.6) is 5.88 Å². The molecule has 20 heavy (non-hydrogen) atoms. The van der Waals surface area contributed by atoms with Gasteiger partial charge in [0.15, 0.2) is 0 Å². The standard InChI is InChI=1S/C16H15N3O/c1-20-16-7-3-5-13(19-16)11-18-15-6-2-4-12-10-17-9-8-14(12)15/h2-10,18H,11H2,1H3. The number of ether oxygens (including phenoxy) is 1. The second-order valence-corrected chi connectivity index (χ2v) is 4.43. The molecule has 0 aliphatic rings. The van der Waals surface area contributed by atoms with Gasteiger partial charge in [-0.2, -0.15) is 0 Å². The first-order valence-corrected chi connectivity index (χ1v) is 6.43. The number of benzene rings is 1. The van der Waals surface area contributed by atoms with Crippen molar-refractivity contribution in [1.29, 1.82) is 0 Å². The monoisotopic (exact) mass is 265 g/mol. The summed E-state index contributed by atoms with van der Waals surface area (Å²) < 4.78 is 5.13. The van der Waals surface area contributed by atoms with E-state index in [0.717, 1.165) is 22.2 Å². The van der Waals surface area contributed by atoms with Gasteiger partial charge in [0.1, 0.15) is 0 Å². The molecule has 2 aromatic heterocycles. The molecule has 4 heteroatoms. The number of nitrogens with zero attached hydrogens (tertiary/aromatic N) is 2. The van der Waals surface area contributed by atoms with E-state index in [1.54, 1.807) is 13.3 Å². The predicted octanol–water partition coefficient (Wildman–Crippen LogP) is 3.25. The molecule has 0 aliphatic carbocycles. The van der Waals surface area contributed by atoms with Crippen LogP contribution in [0, 0.1) is 0 Å². The van der Waals surface area contributed by atoms with Crippen LogP contribution in [0.2, 0.25) is 0 Å². The molecule has 1 aromatic carbocycles. The number of hydrogen-bond acceptors (Lipinski definition) is 4. The van der Waals surface area contributed by atoms with Crippen molar-refractivity contribution in [2.45, 2.75) is 6.54 Å². The van der Waals surface area contributed by atoms with Crippen LogP contribution in [0.3, 0.4) is 0 Å². The molecule has 100 valence electrons. The van der Waals surface area contributed by atoms with Gasteiger partial charge < -0.3 is 10.1 Å². The number of anilines is 1. The van der Waals surface area contributed by atoms with Crippen molar-refractivity contribution in [2.75, 3.05) is 12.4 Å². The maximum absolute atomic E-state index is 5.13. The average Bonchev–Trinajstić information content (AvgIpc) is 2.53. The first-order chi connectivity index (χ1) is 9.86. The Hall–Kier alpha value is -2.62. The van der Waals surface area contributed by atoms with Crippen LogP contribution >= 0.6 is 0 Å². The number of aromatic nitrogens is 2. The average molecular weight is 265 g/mol. The van der Waals surface area contributed by atoms with Crippen LogP contribution in [-0.4, -0.2) is 17.1 Å². The Morgan fingerprint density at radius 3 is 2.90 bits per heavy atom. The Balaban J connectivity index is 1.83. The summed E-state index contributed by atoms with van der Waals surface area (Å²) in [6.07, 6.45) is 3.67. The third-order valence-corrected chi connectivity index (χ3v) is 3.13. The molecule has 0 fully saturated rings. The smallest absolute Gasteiger partial charge is 0.213 e. The predicted molar refractivity (Wildman–Crippen MR) is 79.9 cm³/mol. The number of hydrogen-bond donors (Lipinski definition) is 1. The summed E-state index contributed by atoms with van der Waals surface area (Å²) in [7, 11) is 1.62. The van der Waals surface area contributed by atoms with Crippen LogP contribution in [0.25, 0.3) is 10.8 Å². The molecule has 3 aromatic rings. The highest BCUT2D eigenvalue weighted by molar-refractivity contribution is 5.93. The molecule has 2 heterocycles. The highest BCUT2D eigenvalue weighted by Crippen LogP contribution is 2.22. The van der Waals surface area contributed by atoms with Gasteiger partial charge in [0.25, 0.3) is 0 Å². The van der Waals surface area contributed by atoms with Crippen molar-refractivity contribution < 1.29 is 4.74 Å². The molecule has 0 bridgehead atoms. The summed E-state index contributed by atoms with van der Waals surface area (Å²) in [5.41, 5.74) is 2.02. The molecule has 0 aliphatic heterocycles. The molecule has 0 amide bonds. The van der Waals surface area contributed by atoms with Crippen molar-refractivity contribution in [1.82, 2.24) is 9.97 Å². The lowest BCUT2D eigenvalue weighted by Gasteiger charge is -2.09. The van der Waals surface area contributed by atoms with Gasteiger partial charge in [-0.25, -0.2) is 4.98 Å². The minimum atomic E-state index is 0.631. The molecule has 0 unspecified atom stereocenters. The van der Waals surface area contributed by atoms with Crippen LogP contribution in [0.1, 0.15) is 5.69 Å². The van der Waals surface area contributed by atoms with E-state index in [1.807, 2.05) is 36.5 Å². The Labute approximate surface area is 117 Å². The van der Waals surface area contributed by atoms with Crippen molar-refractivity contribution in [3.8, 4) is 5.88 Å². The molecular formula is C16H15N3O. The van der Waals surface area contributed by atoms with Gasteiger partial charge in [-0.05, 0) is 18.2 Å². The van der Waals surface area contributed by atoms with Crippen molar-refractivity contribution in [2.24, 2.45) is 0 Å². The summed E-state index contributed by atoms with van der Waals surface area (Å²) in [4.78, 5) is 8.53. The Kier molecular flexibility index (Phi) is 3.46. The van der Waals surface area contributed by atoms with Crippen molar-refractivity contribution >= 4 is 16.5 Å². The van der Waals surface area contributed by atoms with E-state index in [9.17, 15) is 0 Å². The molecule has 1 N–H and O–H groups in total. The van der Waals surface area contributed by atoms with E-state index in [-0.39, 0.29) is 0 Å². The topological polar surface area (TPSA) is 47.0 Å². The zero-order chi connectivity index (χ0) is 13.8. The third-order valence-electron chi connectivity index (χ3n) is 3.13. The second-order valence-electron chi connectivity index (χ2n) is 4.43. The Morgan fingerprint density at radius 1 is 1.10 bits per heavy atom. The van der Waals surface area contributed by atoms with Crippen molar-refractivity contribution in [3.05, 3.63) is 60.6 Å². The maximum atomic E-state index is 5.13. The summed E-state index contributed by atoms with van der Waals surface area (Å²) in [5.74, 6) is 0.631. The number of nitrogens with one attached hydrogen (secondary N) is 1. The van der Waals surface area contributed by atoms with Gasteiger partial charge in [-0.1, -0.05) is 18.2 Å². The Morgan fingerprint density at radius 2 is 2.00 bits per heavy atom. The van der Waals surface area contributed by atoms with Gasteiger partial charge in [-0.3, -0.25) is 4.98 Å². The molecular weight excluding hydrogens is 250 g/mol. The molecule has 4 nitrogen and oxygen atoms in total. The first kappa shape index (κ1) is 12.4. The maximum Gasteiger partial charge on any atom is 0.213 e. The van der Waals surface area contributed by atoms with E-state index >= 15 is 0 Å². The molecule has 3 rings (SSSR count). The van der Waals surface area contributed by atoms with E-state index in [2.05, 4.69) is 27.4 Å². The summed E-state index contributed by atoms with van der Waals surface area (Å²) in [6.45, 7) is 0.651. The van der Waals surface area contributed by atoms with Crippen LogP contribution in [0.4, 0.5) is 5.69 Å². The van der Waals surface area contributed by atoms with Gasteiger partial charge in [0.05, 0.1) is 19.3 Å². The molecule has 0 spiro atoms. The summed E-state index contributed by atoms with van der Waals surface area (Å²) in [5, 5.41) is 5.69. The minimum absolute atomic E-state index is 0.631. The minimum Gasteiger partial charge on any atom is -0.481 e. The van der Waals surface area contributed by atoms with Crippen LogP contribution in [0.15, 0.2) is 54.9 Å². The molecule has 0 saturated heterocycles. The van der Waals surface area contributed by atoms with Gasteiger partial charge in [0.2, 0.25) is 5.88 Å². The largest absolute Gasteiger partial charge is 0.481 e. The molecule has 0 saturated carbocycles. The number of pyridine rings is 2. The van der Waals surface area contributed by atoms with Crippen molar-refractivity contribution in [3.63, 3.8) is 0 Å². The Bertz CT molecular complexity index is 722. The third kappa shape index (κ3) is 2.54. The van der Waals surface area contributed by atoms with Gasteiger partial charge >= 0.3 is 0 Å². The SMILES string of the molecule is COc1cccc(CNc2cccc3cnccc23)n1. The van der Waals surface area contributed by atoms with E-state index in [4.69, 9.17) is 4.74 Å². The lowest BCUT2D eigenvalue weighted by atomic mass is 10.1. The van der Waals surface area contributed by atoms with E-state index in [1.165, 1.54) is 0 Å². The number of fused-ring (bicyclic) bond motifs is 1. The normalized spacial score (nSPS) is 10.4. The van der Waals surface area contributed by atoms with Crippen LogP contribution < -0.4 is 10.1 Å². The lowest BCUT2D eigenvalue weighted by molar-refractivity contribution is 0.396. The van der Waals surface area contributed by atoms with E-state index < -0.39 is 0 Å². The highest BCUT2D eigenvalue weighted by atomic mass is 16.5. The van der Waals surface area contributed by atoms with Gasteiger partial charge in [-0.15, -0.1) is 0 Å². The summed E-state index contributed by atoms with van der Waals surface area (Å²) >= 11 is 0. The van der Waals surface area contributed by atoms with Crippen LogP contribution in [-0.2, 0) is 6.54 Å². The highest BCUT2D eigenvalue weighted by Gasteiger charge is 2.01. The van der Waals surface area contributed by atoms with E-state index in [0.29, 0.717) is 12.4 Å². The zero-order valence-electron chi connectivity index (χ0n) is 11.2. The fourth-order valence-electron chi connectivity index (χ4n) is 2.13. The molecule has 0 radical (unpaired) electrons. The van der Waals surface area contributed by atoms with Gasteiger partial charge in [0, 0.05) is 34.9 Å².